The van der Waals surface area contributed by atoms with Gasteiger partial charge >= 0.3 is 32.7 Å². The van der Waals surface area contributed by atoms with E-state index in [9.17, 15) is 0 Å². The average Bonchev–Trinajstić information content (AvgIpc) is 1.69. The van der Waals surface area contributed by atoms with Crippen molar-refractivity contribution in [1.29, 1.82) is 0 Å². The molecule has 0 heterocycles. The average molecular weight is 180 g/mol. The van der Waals surface area contributed by atoms with Gasteiger partial charge < -0.3 is 0 Å². The molecule has 1 heteroatoms. The van der Waals surface area contributed by atoms with Crippen LogP contribution in [0, 0.1) is 13.0 Å². The largest absolute Gasteiger partial charge is 3.00 e. The molecule has 0 unspecified atom stereocenters. The van der Waals surface area contributed by atoms with Crippen LogP contribution in [0.3, 0.4) is 0 Å². The Kier molecular flexibility index (Phi) is 4.40. The van der Waals surface area contributed by atoms with Crippen molar-refractivity contribution in [2.75, 3.05) is 0 Å². The first-order valence-electron chi connectivity index (χ1n) is 2.32. The Balaban J connectivity index is 0.000000490. The second-order valence-electron chi connectivity index (χ2n) is 1.58. The van der Waals surface area contributed by atoms with Crippen molar-refractivity contribution in [3.05, 3.63) is 35.9 Å². The SMILES string of the molecule is Cc1cc[c-]cc1.[Y+3]. The van der Waals surface area contributed by atoms with Gasteiger partial charge in [0.15, 0.2) is 0 Å². The fourth-order valence-electron chi connectivity index (χ4n) is 0.470. The summed E-state index contributed by atoms with van der Waals surface area (Å²) in [6.07, 6.45) is 0. The van der Waals surface area contributed by atoms with E-state index in [0.29, 0.717) is 0 Å². The minimum absolute atomic E-state index is 0. The van der Waals surface area contributed by atoms with E-state index in [2.05, 4.69) is 13.0 Å². The number of hydrogen-bond acceptors (Lipinski definition) is 0. The Labute approximate surface area is 75.2 Å². The summed E-state index contributed by atoms with van der Waals surface area (Å²) in [5, 5.41) is 0. The van der Waals surface area contributed by atoms with E-state index in [1.807, 2.05) is 24.3 Å². The van der Waals surface area contributed by atoms with Crippen molar-refractivity contribution in [3.8, 4) is 0 Å². The van der Waals surface area contributed by atoms with Gasteiger partial charge in [-0.15, -0.1) is 0 Å². The van der Waals surface area contributed by atoms with E-state index in [1.54, 1.807) is 0 Å². The molecule has 0 aliphatic heterocycles. The summed E-state index contributed by atoms with van der Waals surface area (Å²) in [6, 6.07) is 10.8. The van der Waals surface area contributed by atoms with E-state index >= 15 is 0 Å². The van der Waals surface area contributed by atoms with Gasteiger partial charge in [-0.05, 0) is 0 Å². The Morgan fingerprint density at radius 1 is 1.25 bits per heavy atom. The van der Waals surface area contributed by atoms with Crippen molar-refractivity contribution in [3.63, 3.8) is 0 Å². The van der Waals surface area contributed by atoms with Crippen molar-refractivity contribution in [1.82, 2.24) is 0 Å². The predicted octanol–water partition coefficient (Wildman–Crippen LogP) is 1.79. The molecule has 0 aromatic heterocycles. The molecular formula is C7H7Y+2. The third-order valence-electron chi connectivity index (χ3n) is 0.885. The number of benzene rings is 1. The summed E-state index contributed by atoms with van der Waals surface area (Å²) in [7, 11) is 0. The zero-order valence-corrected chi connectivity index (χ0v) is 7.73. The summed E-state index contributed by atoms with van der Waals surface area (Å²) < 4.78 is 0. The summed E-state index contributed by atoms with van der Waals surface area (Å²) in [6.45, 7) is 2.06. The summed E-state index contributed by atoms with van der Waals surface area (Å²) in [5.41, 5.74) is 1.29. The molecule has 0 saturated heterocycles. The molecular weight excluding hydrogens is 173 g/mol. The van der Waals surface area contributed by atoms with E-state index in [4.69, 9.17) is 0 Å². The van der Waals surface area contributed by atoms with Gasteiger partial charge in [-0.3, -0.25) is 0 Å². The second-order valence-corrected chi connectivity index (χ2v) is 1.58. The fourth-order valence-corrected chi connectivity index (χ4v) is 0.470. The molecule has 0 nitrogen and oxygen atoms in total. The molecule has 1 aromatic carbocycles. The molecule has 0 fully saturated rings. The van der Waals surface area contributed by atoms with Crippen LogP contribution in [0.5, 0.6) is 0 Å². The fraction of sp³-hybridized carbons (Fsp3) is 0.143. The van der Waals surface area contributed by atoms with Crippen LogP contribution in [0.4, 0.5) is 0 Å². The zero-order chi connectivity index (χ0) is 5.11. The van der Waals surface area contributed by atoms with Gasteiger partial charge in [0.05, 0.1) is 0 Å². The van der Waals surface area contributed by atoms with Gasteiger partial charge in [-0.2, -0.15) is 35.9 Å². The molecule has 1 aromatic rings. The predicted molar refractivity (Wildman–Crippen MR) is 30.0 cm³/mol. The van der Waals surface area contributed by atoms with Crippen LogP contribution in [0.15, 0.2) is 24.3 Å². The van der Waals surface area contributed by atoms with Crippen LogP contribution >= 0.6 is 0 Å². The monoisotopic (exact) mass is 180 g/mol. The molecule has 0 atom stereocenters. The molecule has 1 rings (SSSR count). The standard InChI is InChI=1S/C7H7.Y/c1-7-5-3-2-4-6-7;/h3-6H,1H3;/q-1;+3. The minimum Gasteiger partial charge on any atom is -0.184 e. The molecule has 36 valence electrons. The number of rotatable bonds is 0. The Morgan fingerprint density at radius 3 is 2.00 bits per heavy atom. The van der Waals surface area contributed by atoms with Crippen LogP contribution in [0.1, 0.15) is 5.56 Å². The van der Waals surface area contributed by atoms with Crippen LogP contribution in [0.25, 0.3) is 0 Å². The minimum atomic E-state index is 0. The van der Waals surface area contributed by atoms with E-state index < -0.39 is 0 Å². The van der Waals surface area contributed by atoms with Gasteiger partial charge in [0.25, 0.3) is 0 Å². The number of aryl methyl sites for hydroxylation is 1. The first kappa shape index (κ1) is 8.32. The molecule has 0 radical (unpaired) electrons. The van der Waals surface area contributed by atoms with Crippen LogP contribution in [0.2, 0.25) is 0 Å². The van der Waals surface area contributed by atoms with Gasteiger partial charge in [-0.1, -0.05) is 6.92 Å². The third kappa shape index (κ3) is 2.59. The van der Waals surface area contributed by atoms with Crippen LogP contribution in [-0.2, 0) is 32.7 Å². The van der Waals surface area contributed by atoms with Gasteiger partial charge in [0.1, 0.15) is 0 Å². The molecule has 0 saturated carbocycles. The van der Waals surface area contributed by atoms with Crippen molar-refractivity contribution >= 4 is 0 Å². The van der Waals surface area contributed by atoms with Crippen molar-refractivity contribution in [2.24, 2.45) is 0 Å². The van der Waals surface area contributed by atoms with Crippen molar-refractivity contribution < 1.29 is 32.7 Å². The molecule has 0 spiro atoms. The summed E-state index contributed by atoms with van der Waals surface area (Å²) >= 11 is 0. The molecule has 0 N–H and O–H groups in total. The normalized spacial score (nSPS) is 7.62. The first-order chi connectivity index (χ1) is 3.39. The topological polar surface area (TPSA) is 0 Å². The van der Waals surface area contributed by atoms with Crippen LogP contribution < -0.4 is 0 Å². The summed E-state index contributed by atoms with van der Waals surface area (Å²) in [4.78, 5) is 0. The maximum Gasteiger partial charge on any atom is 3.00 e. The van der Waals surface area contributed by atoms with Crippen molar-refractivity contribution in [2.45, 2.75) is 6.92 Å². The molecule has 0 aliphatic carbocycles. The van der Waals surface area contributed by atoms with E-state index in [1.165, 1.54) is 5.56 Å². The molecule has 0 aliphatic rings. The quantitative estimate of drug-likeness (QED) is 0.534. The number of hydrogen-bond donors (Lipinski definition) is 0. The third-order valence-corrected chi connectivity index (χ3v) is 0.885. The maximum absolute atomic E-state index is 2.93. The zero-order valence-electron chi connectivity index (χ0n) is 4.89. The Hall–Kier alpha value is 0.324. The second kappa shape index (κ2) is 4.23. The first-order valence-corrected chi connectivity index (χ1v) is 2.32. The Bertz CT molecular complexity index is 134. The molecule has 8 heavy (non-hydrogen) atoms. The van der Waals surface area contributed by atoms with Gasteiger partial charge in [0.2, 0.25) is 0 Å². The van der Waals surface area contributed by atoms with Crippen LogP contribution in [-0.4, -0.2) is 0 Å². The van der Waals surface area contributed by atoms with E-state index in [-0.39, 0.29) is 32.7 Å². The van der Waals surface area contributed by atoms with E-state index in [0.717, 1.165) is 0 Å². The van der Waals surface area contributed by atoms with Gasteiger partial charge in [-0.25, -0.2) is 0 Å². The molecule has 0 bridgehead atoms. The van der Waals surface area contributed by atoms with Gasteiger partial charge in [0, 0.05) is 0 Å². The Morgan fingerprint density at radius 2 is 1.75 bits per heavy atom. The summed E-state index contributed by atoms with van der Waals surface area (Å²) in [5.74, 6) is 0. The molecule has 0 amide bonds. The maximum atomic E-state index is 2.93. The smallest absolute Gasteiger partial charge is 0.184 e.